The molecule has 1 aromatic heterocycles. The van der Waals surface area contributed by atoms with Crippen LogP contribution in [0.3, 0.4) is 0 Å². The van der Waals surface area contributed by atoms with E-state index in [-0.39, 0.29) is 24.7 Å². The van der Waals surface area contributed by atoms with Gasteiger partial charge in [0.15, 0.2) is 22.8 Å². The van der Waals surface area contributed by atoms with Crippen LogP contribution >= 0.6 is 15.9 Å². The maximum absolute atomic E-state index is 12.0. The zero-order valence-electron chi connectivity index (χ0n) is 13.2. The Labute approximate surface area is 147 Å². The molecule has 0 aliphatic carbocycles. The Kier molecular flexibility index (Phi) is 5.92. The molecule has 1 amide bonds. The third kappa shape index (κ3) is 4.79. The molecule has 0 aliphatic heterocycles. The molecule has 2 rings (SSSR count). The summed E-state index contributed by atoms with van der Waals surface area (Å²) in [5.41, 5.74) is 2.55. The first-order valence-electron chi connectivity index (χ1n) is 7.16. The Bertz CT molecular complexity index is 781. The molecule has 0 radical (unpaired) electrons. The number of carbonyl (C=O) groups is 3. The third-order valence-electron chi connectivity index (χ3n) is 3.38. The predicted octanol–water partition coefficient (Wildman–Crippen LogP) is 2.81. The summed E-state index contributed by atoms with van der Waals surface area (Å²) in [6.45, 7) is 3.13. The number of ether oxygens (including phenoxy) is 1. The average molecular weight is 394 g/mol. The summed E-state index contributed by atoms with van der Waals surface area (Å²) < 4.78 is 10.3. The highest BCUT2D eigenvalue weighted by Crippen LogP contribution is 2.13. The zero-order valence-corrected chi connectivity index (χ0v) is 14.8. The standard InChI is InChI=1S/C17H16BrNO5/c1-10-3-4-12(7-11(10)2)13(20)9-23-16(21)8-19-17(22)14-5-6-15(18)24-14/h3-7H,8-9H2,1-2H3,(H,19,22). The number of hydrogen-bond acceptors (Lipinski definition) is 5. The minimum atomic E-state index is -0.703. The molecule has 2 aromatic rings. The van der Waals surface area contributed by atoms with Crippen LogP contribution in [0, 0.1) is 13.8 Å². The Morgan fingerprint density at radius 2 is 1.88 bits per heavy atom. The number of esters is 1. The number of amides is 1. The second-order valence-electron chi connectivity index (χ2n) is 5.17. The minimum absolute atomic E-state index is 0.0703. The van der Waals surface area contributed by atoms with Gasteiger partial charge in [0, 0.05) is 5.56 Å². The minimum Gasteiger partial charge on any atom is -0.456 e. The molecule has 0 fully saturated rings. The van der Waals surface area contributed by atoms with Crippen LogP contribution in [0.2, 0.25) is 0 Å². The van der Waals surface area contributed by atoms with Crippen molar-refractivity contribution in [2.75, 3.05) is 13.2 Å². The highest BCUT2D eigenvalue weighted by Gasteiger charge is 2.14. The second kappa shape index (κ2) is 7.92. The fraction of sp³-hybridized carbons (Fsp3) is 0.235. The first kappa shape index (κ1) is 17.9. The van der Waals surface area contributed by atoms with Crippen molar-refractivity contribution in [1.82, 2.24) is 5.32 Å². The third-order valence-corrected chi connectivity index (χ3v) is 3.81. The van der Waals surface area contributed by atoms with Crippen LogP contribution in [0.25, 0.3) is 0 Å². The Hall–Kier alpha value is -2.41. The predicted molar refractivity (Wildman–Crippen MR) is 89.9 cm³/mol. The molecule has 0 saturated heterocycles. The maximum atomic E-state index is 12.0. The van der Waals surface area contributed by atoms with Crippen molar-refractivity contribution in [1.29, 1.82) is 0 Å². The number of carbonyl (C=O) groups excluding carboxylic acids is 3. The molecule has 1 aromatic carbocycles. The molecule has 0 unspecified atom stereocenters. The molecule has 0 spiro atoms. The summed E-state index contributed by atoms with van der Waals surface area (Å²) in [5.74, 6) is -1.47. The number of benzene rings is 1. The highest BCUT2D eigenvalue weighted by molar-refractivity contribution is 9.10. The molecule has 126 valence electrons. The molecule has 0 bridgehead atoms. The van der Waals surface area contributed by atoms with Crippen LogP contribution in [0.1, 0.15) is 32.0 Å². The lowest BCUT2D eigenvalue weighted by Crippen LogP contribution is -2.31. The van der Waals surface area contributed by atoms with Gasteiger partial charge in [-0.1, -0.05) is 12.1 Å². The fourth-order valence-electron chi connectivity index (χ4n) is 1.87. The van der Waals surface area contributed by atoms with E-state index >= 15 is 0 Å². The van der Waals surface area contributed by atoms with E-state index in [9.17, 15) is 14.4 Å². The summed E-state index contributed by atoms with van der Waals surface area (Å²) in [7, 11) is 0. The number of halogens is 1. The number of rotatable bonds is 6. The van der Waals surface area contributed by atoms with Crippen molar-refractivity contribution in [3.63, 3.8) is 0 Å². The van der Waals surface area contributed by atoms with E-state index in [0.29, 0.717) is 10.2 Å². The average Bonchev–Trinajstić information content (AvgIpc) is 2.99. The maximum Gasteiger partial charge on any atom is 0.325 e. The summed E-state index contributed by atoms with van der Waals surface area (Å²) in [4.78, 5) is 35.3. The van der Waals surface area contributed by atoms with Crippen LogP contribution in [0.4, 0.5) is 0 Å². The SMILES string of the molecule is Cc1ccc(C(=O)COC(=O)CNC(=O)c2ccc(Br)o2)cc1C. The molecule has 0 aliphatic rings. The van der Waals surface area contributed by atoms with Gasteiger partial charge in [0.2, 0.25) is 0 Å². The van der Waals surface area contributed by atoms with Gasteiger partial charge in [0.05, 0.1) is 0 Å². The number of nitrogens with one attached hydrogen (secondary N) is 1. The van der Waals surface area contributed by atoms with Crippen molar-refractivity contribution < 1.29 is 23.5 Å². The van der Waals surface area contributed by atoms with E-state index < -0.39 is 11.9 Å². The summed E-state index contributed by atoms with van der Waals surface area (Å²) >= 11 is 3.08. The van der Waals surface area contributed by atoms with Crippen molar-refractivity contribution in [3.05, 3.63) is 57.5 Å². The monoisotopic (exact) mass is 393 g/mol. The van der Waals surface area contributed by atoms with Crippen molar-refractivity contribution >= 4 is 33.6 Å². The summed E-state index contributed by atoms with van der Waals surface area (Å²) in [6.07, 6.45) is 0. The van der Waals surface area contributed by atoms with Gasteiger partial charge in [-0.15, -0.1) is 0 Å². The Morgan fingerprint density at radius 3 is 2.50 bits per heavy atom. The quantitative estimate of drug-likeness (QED) is 0.602. The Balaban J connectivity index is 1.79. The normalized spacial score (nSPS) is 10.3. The lowest BCUT2D eigenvalue weighted by Gasteiger charge is -2.07. The number of hydrogen-bond donors (Lipinski definition) is 1. The molecule has 0 saturated carbocycles. The van der Waals surface area contributed by atoms with Gasteiger partial charge in [-0.2, -0.15) is 0 Å². The number of furan rings is 1. The first-order valence-corrected chi connectivity index (χ1v) is 7.95. The van der Waals surface area contributed by atoms with Crippen molar-refractivity contribution in [3.8, 4) is 0 Å². The zero-order chi connectivity index (χ0) is 17.7. The van der Waals surface area contributed by atoms with E-state index in [1.807, 2.05) is 19.9 Å². The van der Waals surface area contributed by atoms with Gasteiger partial charge in [0.1, 0.15) is 6.54 Å². The Morgan fingerprint density at radius 1 is 1.12 bits per heavy atom. The fourth-order valence-corrected chi connectivity index (χ4v) is 2.18. The van der Waals surface area contributed by atoms with Gasteiger partial charge in [-0.3, -0.25) is 14.4 Å². The van der Waals surface area contributed by atoms with Crippen LogP contribution in [0.15, 0.2) is 39.4 Å². The van der Waals surface area contributed by atoms with Crippen LogP contribution < -0.4 is 5.32 Å². The number of aryl methyl sites for hydroxylation is 2. The molecule has 1 heterocycles. The van der Waals surface area contributed by atoms with E-state index in [0.717, 1.165) is 11.1 Å². The van der Waals surface area contributed by atoms with Gasteiger partial charge in [-0.25, -0.2) is 0 Å². The molecule has 24 heavy (non-hydrogen) atoms. The topological polar surface area (TPSA) is 85.6 Å². The van der Waals surface area contributed by atoms with Crippen molar-refractivity contribution in [2.45, 2.75) is 13.8 Å². The van der Waals surface area contributed by atoms with Gasteiger partial charge < -0.3 is 14.5 Å². The van der Waals surface area contributed by atoms with Crippen molar-refractivity contribution in [2.24, 2.45) is 0 Å². The van der Waals surface area contributed by atoms with Gasteiger partial charge in [-0.05, 0) is 59.1 Å². The summed E-state index contributed by atoms with van der Waals surface area (Å²) in [5, 5.41) is 2.35. The highest BCUT2D eigenvalue weighted by atomic mass is 79.9. The van der Waals surface area contributed by atoms with Crippen LogP contribution in [0.5, 0.6) is 0 Å². The molecule has 1 N–H and O–H groups in total. The van der Waals surface area contributed by atoms with Gasteiger partial charge >= 0.3 is 5.97 Å². The molecule has 6 nitrogen and oxygen atoms in total. The molecular weight excluding hydrogens is 378 g/mol. The molecular formula is C17H16BrNO5. The molecule has 0 atom stereocenters. The lowest BCUT2D eigenvalue weighted by atomic mass is 10.0. The van der Waals surface area contributed by atoms with Gasteiger partial charge in [0.25, 0.3) is 5.91 Å². The lowest BCUT2D eigenvalue weighted by molar-refractivity contribution is -0.141. The van der Waals surface area contributed by atoms with E-state index in [2.05, 4.69) is 21.2 Å². The van der Waals surface area contributed by atoms with Crippen LogP contribution in [-0.4, -0.2) is 30.8 Å². The number of Topliss-reactive ketones (excluding diaryl/α,β-unsaturated/α-hetero) is 1. The van der Waals surface area contributed by atoms with E-state index in [1.165, 1.54) is 6.07 Å². The van der Waals surface area contributed by atoms with Crippen LogP contribution in [-0.2, 0) is 9.53 Å². The largest absolute Gasteiger partial charge is 0.456 e. The second-order valence-corrected chi connectivity index (χ2v) is 5.95. The summed E-state index contributed by atoms with van der Waals surface area (Å²) in [6, 6.07) is 8.31. The first-order chi connectivity index (χ1) is 11.4. The van der Waals surface area contributed by atoms with E-state index in [1.54, 1.807) is 18.2 Å². The van der Waals surface area contributed by atoms with E-state index in [4.69, 9.17) is 9.15 Å². The molecule has 7 heteroatoms. The smallest absolute Gasteiger partial charge is 0.325 e. The number of ketones is 1.